The van der Waals surface area contributed by atoms with Crippen molar-refractivity contribution in [2.45, 2.75) is 18.9 Å². The lowest BCUT2D eigenvalue weighted by atomic mass is 10.1. The maximum atomic E-state index is 9.15. The van der Waals surface area contributed by atoms with Crippen LogP contribution in [0.4, 0.5) is 5.82 Å². The smallest absolute Gasteiger partial charge is 0.181 e. The molecule has 0 aromatic carbocycles. The van der Waals surface area contributed by atoms with Crippen molar-refractivity contribution in [2.24, 2.45) is 4.99 Å². The fourth-order valence-electron chi connectivity index (χ4n) is 2.03. The van der Waals surface area contributed by atoms with Crippen molar-refractivity contribution in [1.82, 2.24) is 19.5 Å². The number of rotatable bonds is 7. The number of methoxy groups -OCH3 is 1. The molecule has 0 bridgehead atoms. The molecular weight excluding hydrogens is 270 g/mol. The minimum absolute atomic E-state index is 0.0210. The zero-order valence-electron chi connectivity index (χ0n) is 12.6. The van der Waals surface area contributed by atoms with E-state index >= 15 is 0 Å². The number of ether oxygens (including phenoxy) is 1. The first-order valence-corrected chi connectivity index (χ1v) is 6.81. The van der Waals surface area contributed by atoms with Crippen molar-refractivity contribution in [1.29, 1.82) is 0 Å². The van der Waals surface area contributed by atoms with Crippen molar-refractivity contribution in [3.63, 3.8) is 0 Å². The van der Waals surface area contributed by atoms with Gasteiger partial charge in [-0.25, -0.2) is 14.5 Å². The van der Waals surface area contributed by atoms with Gasteiger partial charge in [0.2, 0.25) is 0 Å². The van der Waals surface area contributed by atoms with Gasteiger partial charge < -0.3 is 14.7 Å². The van der Waals surface area contributed by atoms with E-state index in [1.54, 1.807) is 13.4 Å². The van der Waals surface area contributed by atoms with Crippen LogP contribution in [0.25, 0.3) is 5.52 Å². The second-order valence-electron chi connectivity index (χ2n) is 4.99. The Hall–Kier alpha value is -1.99. The molecule has 21 heavy (non-hydrogen) atoms. The highest BCUT2D eigenvalue weighted by molar-refractivity contribution is 5.70. The molecule has 1 unspecified atom stereocenters. The fraction of sp³-hybridized carbons (Fsp3) is 0.500. The van der Waals surface area contributed by atoms with Gasteiger partial charge in [0.15, 0.2) is 5.82 Å². The highest BCUT2D eigenvalue weighted by atomic mass is 16.5. The van der Waals surface area contributed by atoms with Crippen LogP contribution in [0, 0.1) is 0 Å². The lowest BCUT2D eigenvalue weighted by Gasteiger charge is -2.11. The quantitative estimate of drug-likeness (QED) is 0.606. The first kappa shape index (κ1) is 15.4. The van der Waals surface area contributed by atoms with Crippen molar-refractivity contribution in [3.05, 3.63) is 24.2 Å². The summed E-state index contributed by atoms with van der Waals surface area (Å²) in [6.45, 7) is 0.0210. The number of fused-ring (bicyclic) bond motifs is 1. The van der Waals surface area contributed by atoms with E-state index in [1.165, 1.54) is 6.33 Å². The molecule has 0 saturated heterocycles. The van der Waals surface area contributed by atoms with Crippen LogP contribution in [-0.2, 0) is 11.2 Å². The summed E-state index contributed by atoms with van der Waals surface area (Å²) in [7, 11) is 5.42. The highest BCUT2D eigenvalue weighted by Gasteiger charge is 2.10. The van der Waals surface area contributed by atoms with Gasteiger partial charge in [-0.15, -0.1) is 0 Å². The molecule has 2 rings (SSSR count). The Morgan fingerprint density at radius 3 is 2.95 bits per heavy atom. The van der Waals surface area contributed by atoms with Crippen molar-refractivity contribution in [2.75, 3.05) is 27.8 Å². The van der Waals surface area contributed by atoms with E-state index in [9.17, 15) is 0 Å². The largest absolute Gasteiger partial charge is 0.394 e. The molecule has 0 radical (unpaired) electrons. The van der Waals surface area contributed by atoms with E-state index in [2.05, 4.69) is 15.1 Å². The first-order valence-electron chi connectivity index (χ1n) is 6.81. The second kappa shape index (κ2) is 7.14. The van der Waals surface area contributed by atoms with Gasteiger partial charge in [0.25, 0.3) is 0 Å². The van der Waals surface area contributed by atoms with E-state index in [0.29, 0.717) is 5.82 Å². The van der Waals surface area contributed by atoms with Gasteiger partial charge >= 0.3 is 0 Å². The lowest BCUT2D eigenvalue weighted by molar-refractivity contribution is 0.0433. The van der Waals surface area contributed by atoms with E-state index in [1.807, 2.05) is 35.6 Å². The van der Waals surface area contributed by atoms with Crippen molar-refractivity contribution < 1.29 is 9.84 Å². The predicted octanol–water partition coefficient (Wildman–Crippen LogP) is 0.891. The number of aliphatic imine (C=N–C) groups is 1. The monoisotopic (exact) mass is 291 g/mol. The summed E-state index contributed by atoms with van der Waals surface area (Å²) in [5, 5.41) is 13.4. The average Bonchev–Trinajstić information content (AvgIpc) is 2.90. The van der Waals surface area contributed by atoms with Gasteiger partial charge in [-0.1, -0.05) is 0 Å². The van der Waals surface area contributed by atoms with Gasteiger partial charge in [-0.2, -0.15) is 5.10 Å². The zero-order valence-corrected chi connectivity index (χ0v) is 12.6. The molecule has 0 fully saturated rings. The zero-order chi connectivity index (χ0) is 15.2. The minimum Gasteiger partial charge on any atom is -0.394 e. The molecule has 2 aromatic heterocycles. The molecule has 0 saturated carbocycles. The Bertz CT molecular complexity index is 604. The van der Waals surface area contributed by atoms with E-state index < -0.39 is 0 Å². The molecule has 0 amide bonds. The average molecular weight is 291 g/mol. The molecule has 2 aromatic rings. The Morgan fingerprint density at radius 1 is 1.48 bits per heavy atom. The fourth-order valence-corrected chi connectivity index (χ4v) is 2.03. The van der Waals surface area contributed by atoms with Crippen LogP contribution in [0.5, 0.6) is 0 Å². The van der Waals surface area contributed by atoms with Gasteiger partial charge in [-0.3, -0.25) is 0 Å². The molecule has 0 aliphatic carbocycles. The van der Waals surface area contributed by atoms with Gasteiger partial charge in [0.1, 0.15) is 11.8 Å². The summed E-state index contributed by atoms with van der Waals surface area (Å²) in [5.74, 6) is 0.635. The summed E-state index contributed by atoms with van der Waals surface area (Å²) in [6, 6.07) is 3.96. The van der Waals surface area contributed by atoms with E-state index in [-0.39, 0.29) is 12.7 Å². The van der Waals surface area contributed by atoms with Gasteiger partial charge in [-0.05, 0) is 25.0 Å². The molecular formula is C14H21N5O2. The van der Waals surface area contributed by atoms with Crippen LogP contribution >= 0.6 is 0 Å². The van der Waals surface area contributed by atoms with Crippen LogP contribution in [-0.4, -0.2) is 64.9 Å². The molecule has 0 aliphatic heterocycles. The summed E-state index contributed by atoms with van der Waals surface area (Å²) < 4.78 is 7.01. The third-order valence-corrected chi connectivity index (χ3v) is 3.18. The van der Waals surface area contributed by atoms with Crippen LogP contribution in [0.1, 0.15) is 12.1 Å². The normalized spacial score (nSPS) is 13.1. The molecule has 0 aliphatic rings. The number of aryl methyl sites for hydroxylation is 1. The van der Waals surface area contributed by atoms with Crippen LogP contribution in [0.3, 0.4) is 0 Å². The van der Waals surface area contributed by atoms with E-state index in [0.717, 1.165) is 24.1 Å². The third kappa shape index (κ3) is 3.77. The number of nitrogens with zero attached hydrogens (tertiary/aromatic N) is 5. The SMILES string of the molecule is COC(CO)CCc1ccc2c(N=CN(C)C)ncnn12. The van der Waals surface area contributed by atoms with Gasteiger partial charge in [0.05, 0.1) is 19.0 Å². The van der Waals surface area contributed by atoms with Crippen molar-refractivity contribution in [3.8, 4) is 0 Å². The number of aliphatic hydroxyl groups excluding tert-OH is 1. The lowest BCUT2D eigenvalue weighted by Crippen LogP contribution is -2.16. The predicted molar refractivity (Wildman–Crippen MR) is 81.0 cm³/mol. The summed E-state index contributed by atoms with van der Waals surface area (Å²) in [5.41, 5.74) is 1.91. The number of hydrogen-bond donors (Lipinski definition) is 1. The summed E-state index contributed by atoms with van der Waals surface area (Å²) >= 11 is 0. The summed E-state index contributed by atoms with van der Waals surface area (Å²) in [6.07, 6.45) is 4.56. The van der Waals surface area contributed by atoms with Crippen molar-refractivity contribution >= 4 is 17.7 Å². The Labute approximate surface area is 123 Å². The number of aromatic nitrogens is 3. The first-order chi connectivity index (χ1) is 10.2. The third-order valence-electron chi connectivity index (χ3n) is 3.18. The number of hydrogen-bond acceptors (Lipinski definition) is 5. The Morgan fingerprint density at radius 2 is 2.29 bits per heavy atom. The molecule has 114 valence electrons. The minimum atomic E-state index is -0.149. The Kier molecular flexibility index (Phi) is 5.24. The molecule has 7 nitrogen and oxygen atoms in total. The molecule has 7 heteroatoms. The molecule has 0 spiro atoms. The molecule has 1 atom stereocenters. The van der Waals surface area contributed by atoms with Gasteiger partial charge in [0, 0.05) is 26.9 Å². The standard InChI is InChI=1S/C14H21N5O2/c1-18(2)10-16-14-13-7-5-11(19(13)17-9-15-14)4-6-12(8-20)21-3/h5,7,9-10,12,20H,4,6,8H2,1-3H3. The molecule has 1 N–H and O–H groups in total. The maximum Gasteiger partial charge on any atom is 0.181 e. The Balaban J connectivity index is 2.22. The second-order valence-corrected chi connectivity index (χ2v) is 4.99. The number of aliphatic hydroxyl groups is 1. The van der Waals surface area contributed by atoms with Crippen LogP contribution in [0.15, 0.2) is 23.5 Å². The van der Waals surface area contributed by atoms with Crippen LogP contribution in [0.2, 0.25) is 0 Å². The van der Waals surface area contributed by atoms with Crippen LogP contribution < -0.4 is 0 Å². The highest BCUT2D eigenvalue weighted by Crippen LogP contribution is 2.19. The van der Waals surface area contributed by atoms with E-state index in [4.69, 9.17) is 9.84 Å². The summed E-state index contributed by atoms with van der Waals surface area (Å²) in [4.78, 5) is 10.4. The topological polar surface area (TPSA) is 75.2 Å². The molecule has 2 heterocycles. The maximum absolute atomic E-state index is 9.15.